The summed E-state index contributed by atoms with van der Waals surface area (Å²) < 4.78 is 53.9. The number of aromatic hydroxyl groups is 1. The highest BCUT2D eigenvalue weighted by Gasteiger charge is 2.15. The monoisotopic (exact) mass is 334 g/mol. The molecule has 112 valence electrons. The van der Waals surface area contributed by atoms with E-state index in [1.807, 2.05) is 0 Å². The van der Waals surface area contributed by atoms with Crippen LogP contribution in [-0.4, -0.2) is 19.8 Å². The fourth-order valence-corrected chi connectivity index (χ4v) is 2.44. The van der Waals surface area contributed by atoms with Gasteiger partial charge in [-0.25, -0.2) is 17.2 Å². The van der Waals surface area contributed by atoms with Crippen molar-refractivity contribution in [1.82, 2.24) is 0 Å². The van der Waals surface area contributed by atoms with E-state index in [1.54, 1.807) is 0 Å². The second-order valence-corrected chi connectivity index (χ2v) is 6.62. The molecular formula is C13H9ClF2O4S. The smallest absolute Gasteiger partial charge is 0.175 e. The average Bonchev–Trinajstić information content (AvgIpc) is 2.36. The molecule has 0 saturated heterocycles. The Morgan fingerprint density at radius 1 is 1.10 bits per heavy atom. The van der Waals surface area contributed by atoms with E-state index in [1.165, 1.54) is 12.1 Å². The van der Waals surface area contributed by atoms with Crippen LogP contribution in [-0.2, 0) is 9.84 Å². The quantitative estimate of drug-likeness (QED) is 0.932. The number of rotatable bonds is 3. The van der Waals surface area contributed by atoms with E-state index < -0.39 is 27.2 Å². The van der Waals surface area contributed by atoms with Gasteiger partial charge in [0.25, 0.3) is 0 Å². The van der Waals surface area contributed by atoms with Crippen LogP contribution in [0.15, 0.2) is 35.2 Å². The summed E-state index contributed by atoms with van der Waals surface area (Å²) >= 11 is 5.87. The van der Waals surface area contributed by atoms with Gasteiger partial charge < -0.3 is 9.84 Å². The molecule has 0 unspecified atom stereocenters. The Labute approximate surface area is 124 Å². The van der Waals surface area contributed by atoms with Crippen LogP contribution < -0.4 is 4.74 Å². The number of sulfone groups is 1. The maximum absolute atomic E-state index is 13.1. The summed E-state index contributed by atoms with van der Waals surface area (Å²) in [5.41, 5.74) is 0. The molecule has 2 aromatic carbocycles. The van der Waals surface area contributed by atoms with Crippen molar-refractivity contribution in [2.24, 2.45) is 0 Å². The molecule has 1 N–H and O–H groups in total. The molecule has 8 heteroatoms. The molecule has 0 spiro atoms. The molecular weight excluding hydrogens is 326 g/mol. The SMILES string of the molecule is CS(=O)(=O)c1ccc(Oc2cc(F)c(F)cc2O)c(Cl)c1. The molecule has 2 rings (SSSR count). The van der Waals surface area contributed by atoms with Crippen LogP contribution in [0.4, 0.5) is 8.78 Å². The van der Waals surface area contributed by atoms with Crippen molar-refractivity contribution < 1.29 is 27.0 Å². The Balaban J connectivity index is 2.39. The van der Waals surface area contributed by atoms with Crippen molar-refractivity contribution >= 4 is 21.4 Å². The lowest BCUT2D eigenvalue weighted by Gasteiger charge is -2.10. The first-order valence-corrected chi connectivity index (χ1v) is 7.81. The molecule has 0 aliphatic rings. The Kier molecular flexibility index (Phi) is 4.06. The molecule has 0 aliphatic carbocycles. The fraction of sp³-hybridized carbons (Fsp3) is 0.0769. The first-order chi connectivity index (χ1) is 9.68. The Morgan fingerprint density at radius 3 is 2.29 bits per heavy atom. The van der Waals surface area contributed by atoms with Gasteiger partial charge in [0, 0.05) is 18.4 Å². The number of hydrogen-bond donors (Lipinski definition) is 1. The normalized spacial score (nSPS) is 11.4. The van der Waals surface area contributed by atoms with E-state index in [4.69, 9.17) is 16.3 Å². The summed E-state index contributed by atoms with van der Waals surface area (Å²) in [6.07, 6.45) is 1.01. The largest absolute Gasteiger partial charge is 0.504 e. The van der Waals surface area contributed by atoms with Crippen molar-refractivity contribution in [1.29, 1.82) is 0 Å². The molecule has 0 saturated carbocycles. The highest BCUT2D eigenvalue weighted by Crippen LogP contribution is 2.36. The van der Waals surface area contributed by atoms with Crippen molar-refractivity contribution in [3.05, 3.63) is 47.0 Å². The van der Waals surface area contributed by atoms with Crippen molar-refractivity contribution in [3.8, 4) is 17.2 Å². The number of hydrogen-bond acceptors (Lipinski definition) is 4. The summed E-state index contributed by atoms with van der Waals surface area (Å²) in [5.74, 6) is -3.39. The van der Waals surface area contributed by atoms with Gasteiger partial charge in [0.1, 0.15) is 5.75 Å². The van der Waals surface area contributed by atoms with Crippen molar-refractivity contribution in [2.75, 3.05) is 6.26 Å². The zero-order valence-corrected chi connectivity index (χ0v) is 12.2. The van der Waals surface area contributed by atoms with Gasteiger partial charge in [-0.2, -0.15) is 0 Å². The Bertz CT molecular complexity index is 806. The van der Waals surface area contributed by atoms with Gasteiger partial charge in [0.2, 0.25) is 0 Å². The fourth-order valence-electron chi connectivity index (χ4n) is 1.51. The van der Waals surface area contributed by atoms with E-state index in [2.05, 4.69) is 0 Å². The minimum atomic E-state index is -3.43. The van der Waals surface area contributed by atoms with E-state index in [-0.39, 0.29) is 21.4 Å². The third-order valence-electron chi connectivity index (χ3n) is 2.55. The summed E-state index contributed by atoms with van der Waals surface area (Å²) in [7, 11) is -3.43. The first-order valence-electron chi connectivity index (χ1n) is 5.54. The second-order valence-electron chi connectivity index (χ2n) is 4.20. The molecule has 0 bridgehead atoms. The van der Waals surface area contributed by atoms with Gasteiger partial charge in [0.15, 0.2) is 33.0 Å². The predicted molar refractivity (Wildman–Crippen MR) is 72.7 cm³/mol. The van der Waals surface area contributed by atoms with Crippen LogP contribution in [0.25, 0.3) is 0 Å². The first kappa shape index (κ1) is 15.5. The predicted octanol–water partition coefficient (Wildman–Crippen LogP) is 3.52. The summed E-state index contributed by atoms with van der Waals surface area (Å²) in [4.78, 5) is -0.0191. The minimum absolute atomic E-state index is 0.00891. The topological polar surface area (TPSA) is 63.6 Å². The molecule has 0 fully saturated rings. The maximum atomic E-state index is 13.1. The third kappa shape index (κ3) is 3.43. The van der Waals surface area contributed by atoms with Crippen LogP contribution in [0.5, 0.6) is 17.2 Å². The molecule has 21 heavy (non-hydrogen) atoms. The van der Waals surface area contributed by atoms with Crippen LogP contribution in [0, 0.1) is 11.6 Å². The number of halogens is 3. The lowest BCUT2D eigenvalue weighted by molar-refractivity contribution is 0.397. The zero-order valence-electron chi connectivity index (χ0n) is 10.6. The van der Waals surface area contributed by atoms with E-state index >= 15 is 0 Å². The number of benzene rings is 2. The highest BCUT2D eigenvalue weighted by molar-refractivity contribution is 7.90. The van der Waals surface area contributed by atoms with Crippen molar-refractivity contribution in [2.45, 2.75) is 4.90 Å². The molecule has 0 amide bonds. The van der Waals surface area contributed by atoms with Gasteiger partial charge in [-0.05, 0) is 18.2 Å². The van der Waals surface area contributed by atoms with Crippen LogP contribution >= 0.6 is 11.6 Å². The Hall–Kier alpha value is -1.86. The van der Waals surface area contributed by atoms with Crippen LogP contribution in [0.3, 0.4) is 0 Å². The highest BCUT2D eigenvalue weighted by atomic mass is 35.5. The average molecular weight is 335 g/mol. The lowest BCUT2D eigenvalue weighted by Crippen LogP contribution is -1.97. The van der Waals surface area contributed by atoms with Crippen LogP contribution in [0.2, 0.25) is 5.02 Å². The Morgan fingerprint density at radius 2 is 1.71 bits per heavy atom. The third-order valence-corrected chi connectivity index (χ3v) is 3.96. The van der Waals surface area contributed by atoms with E-state index in [9.17, 15) is 22.3 Å². The number of ether oxygens (including phenoxy) is 1. The molecule has 4 nitrogen and oxygen atoms in total. The molecule has 2 aromatic rings. The second kappa shape index (κ2) is 5.50. The number of phenols is 1. The summed E-state index contributed by atoms with van der Waals surface area (Å²) in [6.45, 7) is 0. The van der Waals surface area contributed by atoms with Gasteiger partial charge in [0.05, 0.1) is 9.92 Å². The molecule has 0 aliphatic heterocycles. The standard InChI is InChI=1S/C13H9ClF2O4S/c1-21(18,19)7-2-3-12(8(14)4-7)20-13-6-10(16)9(15)5-11(13)17/h2-6,17H,1H3. The summed E-state index contributed by atoms with van der Waals surface area (Å²) in [6, 6.07) is 4.87. The molecule has 0 aromatic heterocycles. The van der Waals surface area contributed by atoms with Gasteiger partial charge >= 0.3 is 0 Å². The number of phenolic OH excluding ortho intramolecular Hbond substituents is 1. The molecule has 0 atom stereocenters. The minimum Gasteiger partial charge on any atom is -0.504 e. The van der Waals surface area contributed by atoms with E-state index in [0.29, 0.717) is 12.1 Å². The molecule has 0 heterocycles. The van der Waals surface area contributed by atoms with Gasteiger partial charge in [-0.1, -0.05) is 11.6 Å². The lowest BCUT2D eigenvalue weighted by atomic mass is 10.3. The summed E-state index contributed by atoms with van der Waals surface area (Å²) in [5, 5.41) is 9.43. The molecule has 0 radical (unpaired) electrons. The zero-order chi connectivity index (χ0) is 15.8. The maximum Gasteiger partial charge on any atom is 0.175 e. The van der Waals surface area contributed by atoms with E-state index in [0.717, 1.165) is 12.3 Å². The van der Waals surface area contributed by atoms with Gasteiger partial charge in [-0.15, -0.1) is 0 Å². The van der Waals surface area contributed by atoms with Gasteiger partial charge in [-0.3, -0.25) is 0 Å². The van der Waals surface area contributed by atoms with Crippen LogP contribution in [0.1, 0.15) is 0 Å². The van der Waals surface area contributed by atoms with Crippen molar-refractivity contribution in [3.63, 3.8) is 0 Å².